The molecule has 1 aromatic rings. The zero-order valence-corrected chi connectivity index (χ0v) is 11.4. The predicted octanol–water partition coefficient (Wildman–Crippen LogP) is 3.63. The van der Waals surface area contributed by atoms with Crippen molar-refractivity contribution in [3.05, 3.63) is 34.9 Å². The average Bonchev–Trinajstić information content (AvgIpc) is 2.21. The lowest BCUT2D eigenvalue weighted by atomic mass is 10.1. The molecule has 16 heavy (non-hydrogen) atoms. The normalized spacial score (nSPS) is 13.1. The third-order valence-corrected chi connectivity index (χ3v) is 3.92. The smallest absolute Gasteiger partial charge is 0.0670 e. The minimum absolute atomic E-state index is 0.259. The summed E-state index contributed by atoms with van der Waals surface area (Å²) in [5, 5.41) is 10.6. The van der Waals surface area contributed by atoms with Crippen LogP contribution < -0.4 is 0 Å². The second kappa shape index (κ2) is 7.21. The van der Waals surface area contributed by atoms with Crippen molar-refractivity contribution in [1.29, 1.82) is 0 Å². The minimum atomic E-state index is -0.259. The lowest BCUT2D eigenvalue weighted by Crippen LogP contribution is -2.14. The van der Waals surface area contributed by atoms with Gasteiger partial charge in [0.15, 0.2) is 0 Å². The Hall–Kier alpha value is -0.180. The Bertz CT molecular complexity index is 297. The first-order valence-corrected chi connectivity index (χ1v) is 7.11. The number of benzene rings is 1. The molecule has 0 heterocycles. The lowest BCUT2D eigenvalue weighted by molar-refractivity contribution is 0.200. The summed E-state index contributed by atoms with van der Waals surface area (Å²) in [4.78, 5) is 0. The fourth-order valence-corrected chi connectivity index (χ4v) is 2.51. The molecular weight excluding hydrogens is 240 g/mol. The number of aliphatic hydroxyl groups excluding tert-OH is 1. The third kappa shape index (κ3) is 5.78. The van der Waals surface area contributed by atoms with Gasteiger partial charge < -0.3 is 5.11 Å². The number of rotatable bonds is 6. The molecule has 0 spiro atoms. The molecule has 1 aromatic carbocycles. The molecule has 0 radical (unpaired) electrons. The van der Waals surface area contributed by atoms with E-state index in [9.17, 15) is 5.11 Å². The highest BCUT2D eigenvalue weighted by Crippen LogP contribution is 2.14. The summed E-state index contributed by atoms with van der Waals surface area (Å²) in [6.45, 7) is 4.39. The van der Waals surface area contributed by atoms with E-state index in [1.54, 1.807) is 0 Å². The van der Waals surface area contributed by atoms with Crippen LogP contribution in [0.3, 0.4) is 0 Å². The van der Waals surface area contributed by atoms with Crippen LogP contribution in [-0.2, 0) is 6.42 Å². The maximum atomic E-state index is 9.83. The van der Waals surface area contributed by atoms with Crippen molar-refractivity contribution in [2.45, 2.75) is 26.4 Å². The zero-order valence-electron chi connectivity index (χ0n) is 9.82. The van der Waals surface area contributed by atoms with Crippen LogP contribution in [-0.4, -0.2) is 22.7 Å². The highest BCUT2D eigenvalue weighted by molar-refractivity contribution is 7.99. The van der Waals surface area contributed by atoms with E-state index in [0.29, 0.717) is 12.3 Å². The van der Waals surface area contributed by atoms with Crippen LogP contribution in [0.15, 0.2) is 24.3 Å². The Balaban J connectivity index is 2.28. The van der Waals surface area contributed by atoms with Crippen molar-refractivity contribution in [3.63, 3.8) is 0 Å². The van der Waals surface area contributed by atoms with Crippen molar-refractivity contribution < 1.29 is 5.11 Å². The van der Waals surface area contributed by atoms with E-state index in [1.807, 2.05) is 36.0 Å². The summed E-state index contributed by atoms with van der Waals surface area (Å²) in [6.07, 6.45) is 0.451. The quantitative estimate of drug-likeness (QED) is 0.841. The summed E-state index contributed by atoms with van der Waals surface area (Å²) in [6, 6.07) is 7.67. The summed E-state index contributed by atoms with van der Waals surface area (Å²) in [5.41, 5.74) is 1.14. The van der Waals surface area contributed by atoms with Gasteiger partial charge in [0, 0.05) is 10.8 Å². The van der Waals surface area contributed by atoms with Crippen LogP contribution in [0, 0.1) is 5.92 Å². The maximum Gasteiger partial charge on any atom is 0.0670 e. The molecule has 0 amide bonds. The molecule has 3 heteroatoms. The third-order valence-electron chi connectivity index (χ3n) is 2.15. The monoisotopic (exact) mass is 258 g/mol. The van der Waals surface area contributed by atoms with E-state index in [2.05, 4.69) is 13.8 Å². The molecule has 1 nitrogen and oxygen atoms in total. The first-order chi connectivity index (χ1) is 7.58. The molecule has 0 fully saturated rings. The van der Waals surface area contributed by atoms with E-state index in [0.717, 1.165) is 22.1 Å². The molecule has 0 aliphatic heterocycles. The Morgan fingerprint density at radius 2 is 1.81 bits per heavy atom. The number of hydrogen-bond acceptors (Lipinski definition) is 2. The van der Waals surface area contributed by atoms with E-state index in [1.165, 1.54) is 0 Å². The fraction of sp³-hybridized carbons (Fsp3) is 0.538. The van der Waals surface area contributed by atoms with Crippen molar-refractivity contribution in [3.8, 4) is 0 Å². The van der Waals surface area contributed by atoms with Gasteiger partial charge in [-0.2, -0.15) is 11.8 Å². The molecule has 0 aliphatic rings. The van der Waals surface area contributed by atoms with Gasteiger partial charge in [-0.05, 0) is 35.8 Å². The van der Waals surface area contributed by atoms with Crippen LogP contribution in [0.5, 0.6) is 0 Å². The molecule has 1 rings (SSSR count). The van der Waals surface area contributed by atoms with Crippen molar-refractivity contribution >= 4 is 23.4 Å². The lowest BCUT2D eigenvalue weighted by Gasteiger charge is -2.11. The summed E-state index contributed by atoms with van der Waals surface area (Å²) in [5.74, 6) is 2.60. The van der Waals surface area contributed by atoms with Crippen molar-refractivity contribution in [2.24, 2.45) is 5.92 Å². The Labute approximate surface area is 107 Å². The maximum absolute atomic E-state index is 9.83. The van der Waals surface area contributed by atoms with E-state index in [-0.39, 0.29) is 6.10 Å². The number of aliphatic hydroxyl groups is 1. The summed E-state index contributed by atoms with van der Waals surface area (Å²) in [7, 11) is 0. The Morgan fingerprint density at radius 1 is 1.19 bits per heavy atom. The molecule has 0 bridgehead atoms. The second-order valence-electron chi connectivity index (χ2n) is 4.42. The van der Waals surface area contributed by atoms with Crippen molar-refractivity contribution in [1.82, 2.24) is 0 Å². The molecular formula is C13H19ClOS. The molecule has 1 unspecified atom stereocenters. The number of hydrogen-bond donors (Lipinski definition) is 1. The van der Waals surface area contributed by atoms with Gasteiger partial charge in [0.1, 0.15) is 0 Å². The molecule has 0 saturated heterocycles. The molecule has 0 saturated carbocycles. The van der Waals surface area contributed by atoms with Gasteiger partial charge in [0.05, 0.1) is 6.10 Å². The first kappa shape index (κ1) is 13.9. The van der Waals surface area contributed by atoms with Crippen LogP contribution in [0.25, 0.3) is 0 Å². The Morgan fingerprint density at radius 3 is 2.38 bits per heavy atom. The summed E-state index contributed by atoms with van der Waals surface area (Å²) < 4.78 is 0. The first-order valence-electron chi connectivity index (χ1n) is 5.58. The highest BCUT2D eigenvalue weighted by Gasteiger charge is 2.06. The predicted molar refractivity (Wildman–Crippen MR) is 73.3 cm³/mol. The number of thioether (sulfide) groups is 1. The fourth-order valence-electron chi connectivity index (χ4n) is 1.39. The molecule has 1 N–H and O–H groups in total. The molecule has 0 aliphatic carbocycles. The van der Waals surface area contributed by atoms with Crippen LogP contribution >= 0.6 is 23.4 Å². The van der Waals surface area contributed by atoms with Gasteiger partial charge in [0.25, 0.3) is 0 Å². The van der Waals surface area contributed by atoms with Gasteiger partial charge in [-0.3, -0.25) is 0 Å². The molecule has 0 aromatic heterocycles. The largest absolute Gasteiger partial charge is 0.392 e. The van der Waals surface area contributed by atoms with Crippen LogP contribution in [0.2, 0.25) is 5.02 Å². The minimum Gasteiger partial charge on any atom is -0.392 e. The van der Waals surface area contributed by atoms with Gasteiger partial charge in [-0.15, -0.1) is 0 Å². The van der Waals surface area contributed by atoms with Gasteiger partial charge in [0.2, 0.25) is 0 Å². The van der Waals surface area contributed by atoms with Gasteiger partial charge in [-0.1, -0.05) is 37.6 Å². The Kier molecular flexibility index (Phi) is 6.25. The van der Waals surface area contributed by atoms with E-state index in [4.69, 9.17) is 11.6 Å². The van der Waals surface area contributed by atoms with Crippen LogP contribution in [0.4, 0.5) is 0 Å². The molecule has 1 atom stereocenters. The topological polar surface area (TPSA) is 20.2 Å². The standard InChI is InChI=1S/C13H19ClOS/c1-10(2)8-16-9-13(15)7-11-3-5-12(14)6-4-11/h3-6,10,13,15H,7-9H2,1-2H3. The van der Waals surface area contributed by atoms with Crippen LogP contribution in [0.1, 0.15) is 19.4 Å². The van der Waals surface area contributed by atoms with E-state index < -0.39 is 0 Å². The SMILES string of the molecule is CC(C)CSCC(O)Cc1ccc(Cl)cc1. The second-order valence-corrected chi connectivity index (χ2v) is 5.93. The number of halogens is 1. The van der Waals surface area contributed by atoms with Gasteiger partial charge >= 0.3 is 0 Å². The van der Waals surface area contributed by atoms with Crippen molar-refractivity contribution in [2.75, 3.05) is 11.5 Å². The zero-order chi connectivity index (χ0) is 12.0. The van der Waals surface area contributed by atoms with Gasteiger partial charge in [-0.25, -0.2) is 0 Å². The molecule has 90 valence electrons. The highest BCUT2D eigenvalue weighted by atomic mass is 35.5. The average molecular weight is 259 g/mol. The summed E-state index contributed by atoms with van der Waals surface area (Å²) >= 11 is 7.62. The van der Waals surface area contributed by atoms with E-state index >= 15 is 0 Å².